The summed E-state index contributed by atoms with van der Waals surface area (Å²) in [4.78, 5) is 5.40. The SMILES string of the molecule is Cn1cncc1CN(CCO)CC(F)F. The fourth-order valence-corrected chi connectivity index (χ4v) is 1.34. The van der Waals surface area contributed by atoms with Gasteiger partial charge in [-0.05, 0) is 0 Å². The maximum atomic E-state index is 12.2. The largest absolute Gasteiger partial charge is 0.395 e. The first-order valence-corrected chi connectivity index (χ1v) is 4.70. The molecule has 0 amide bonds. The van der Waals surface area contributed by atoms with Gasteiger partial charge in [-0.1, -0.05) is 0 Å². The molecule has 0 aliphatic heterocycles. The third kappa shape index (κ3) is 3.93. The minimum Gasteiger partial charge on any atom is -0.395 e. The highest BCUT2D eigenvalue weighted by molar-refractivity contribution is 4.97. The van der Waals surface area contributed by atoms with E-state index in [0.717, 1.165) is 5.69 Å². The van der Waals surface area contributed by atoms with Gasteiger partial charge in [0.1, 0.15) is 0 Å². The number of hydrogen-bond acceptors (Lipinski definition) is 3. The first kappa shape index (κ1) is 12.1. The van der Waals surface area contributed by atoms with E-state index in [1.807, 2.05) is 7.05 Å². The third-order valence-electron chi connectivity index (χ3n) is 2.11. The standard InChI is InChI=1S/C9H15F2N3O/c1-13-7-12-4-8(13)5-14(2-3-15)6-9(10)11/h4,7,9,15H,2-3,5-6H2,1H3. The predicted molar refractivity (Wildman–Crippen MR) is 51.6 cm³/mol. The van der Waals surface area contributed by atoms with E-state index in [9.17, 15) is 8.78 Å². The van der Waals surface area contributed by atoms with Gasteiger partial charge >= 0.3 is 0 Å². The van der Waals surface area contributed by atoms with Crippen LogP contribution in [-0.4, -0.2) is 45.7 Å². The molecule has 1 aromatic rings. The molecule has 0 spiro atoms. The van der Waals surface area contributed by atoms with E-state index in [2.05, 4.69) is 4.98 Å². The van der Waals surface area contributed by atoms with Gasteiger partial charge in [0.15, 0.2) is 0 Å². The topological polar surface area (TPSA) is 41.3 Å². The molecular weight excluding hydrogens is 204 g/mol. The smallest absolute Gasteiger partial charge is 0.251 e. The van der Waals surface area contributed by atoms with Gasteiger partial charge in [0, 0.05) is 26.3 Å². The molecule has 0 bridgehead atoms. The van der Waals surface area contributed by atoms with E-state index in [4.69, 9.17) is 5.11 Å². The van der Waals surface area contributed by atoms with Crippen LogP contribution >= 0.6 is 0 Å². The van der Waals surface area contributed by atoms with Crippen molar-refractivity contribution >= 4 is 0 Å². The van der Waals surface area contributed by atoms with Gasteiger partial charge in [0.25, 0.3) is 6.43 Å². The van der Waals surface area contributed by atoms with Crippen LogP contribution in [0.15, 0.2) is 12.5 Å². The summed E-state index contributed by atoms with van der Waals surface area (Å²) in [5, 5.41) is 8.74. The number of aliphatic hydroxyl groups excluding tert-OH is 1. The van der Waals surface area contributed by atoms with Gasteiger partial charge in [-0.3, -0.25) is 4.90 Å². The van der Waals surface area contributed by atoms with Crippen molar-refractivity contribution in [3.05, 3.63) is 18.2 Å². The molecule has 0 atom stereocenters. The van der Waals surface area contributed by atoms with Gasteiger partial charge in [-0.2, -0.15) is 0 Å². The molecule has 0 unspecified atom stereocenters. The summed E-state index contributed by atoms with van der Waals surface area (Å²) in [5.74, 6) is 0. The monoisotopic (exact) mass is 219 g/mol. The van der Waals surface area contributed by atoms with Crippen LogP contribution in [0.1, 0.15) is 5.69 Å². The lowest BCUT2D eigenvalue weighted by Gasteiger charge is -2.20. The van der Waals surface area contributed by atoms with Gasteiger partial charge in [-0.15, -0.1) is 0 Å². The Bertz CT molecular complexity index is 291. The van der Waals surface area contributed by atoms with Crippen LogP contribution in [-0.2, 0) is 13.6 Å². The molecule has 1 aromatic heterocycles. The molecule has 0 fully saturated rings. The Morgan fingerprint density at radius 1 is 1.60 bits per heavy atom. The summed E-state index contributed by atoms with van der Waals surface area (Å²) in [6.45, 7) is 0.174. The zero-order chi connectivity index (χ0) is 11.3. The molecule has 0 aliphatic rings. The Kier molecular flexibility index (Phi) is 4.64. The number of rotatable bonds is 6. The van der Waals surface area contributed by atoms with Crippen molar-refractivity contribution in [2.24, 2.45) is 7.05 Å². The Hall–Kier alpha value is -1.01. The molecule has 0 aromatic carbocycles. The molecule has 1 heterocycles. The van der Waals surface area contributed by atoms with Crippen molar-refractivity contribution in [3.8, 4) is 0 Å². The lowest BCUT2D eigenvalue weighted by Crippen LogP contribution is -2.31. The number of alkyl halides is 2. The summed E-state index contributed by atoms with van der Waals surface area (Å²) in [5.41, 5.74) is 0.851. The number of hydrogen-bond donors (Lipinski definition) is 1. The van der Waals surface area contributed by atoms with Crippen LogP contribution in [0.5, 0.6) is 0 Å². The zero-order valence-electron chi connectivity index (χ0n) is 8.61. The van der Waals surface area contributed by atoms with Crippen molar-refractivity contribution in [2.75, 3.05) is 19.7 Å². The predicted octanol–water partition coefficient (Wildman–Crippen LogP) is 0.479. The minimum absolute atomic E-state index is 0.120. The molecule has 4 nitrogen and oxygen atoms in total. The minimum atomic E-state index is -2.38. The van der Waals surface area contributed by atoms with Crippen LogP contribution in [0.3, 0.4) is 0 Å². The number of halogens is 2. The maximum Gasteiger partial charge on any atom is 0.251 e. The Labute approximate surface area is 87.1 Å². The number of imidazole rings is 1. The highest BCUT2D eigenvalue weighted by atomic mass is 19.3. The van der Waals surface area contributed by atoms with Crippen LogP contribution in [0, 0.1) is 0 Å². The summed E-state index contributed by atoms with van der Waals surface area (Å²) in [6.07, 6.45) is 0.870. The summed E-state index contributed by atoms with van der Waals surface area (Å²) in [7, 11) is 1.81. The Morgan fingerprint density at radius 2 is 2.33 bits per heavy atom. The van der Waals surface area contributed by atoms with Crippen LogP contribution in [0.4, 0.5) is 8.78 Å². The van der Waals surface area contributed by atoms with Crippen molar-refractivity contribution < 1.29 is 13.9 Å². The average Bonchev–Trinajstić information content (AvgIpc) is 2.51. The van der Waals surface area contributed by atoms with Crippen LogP contribution in [0.25, 0.3) is 0 Å². The van der Waals surface area contributed by atoms with E-state index < -0.39 is 6.43 Å². The fraction of sp³-hybridized carbons (Fsp3) is 0.667. The second-order valence-electron chi connectivity index (χ2n) is 3.35. The number of aliphatic hydroxyl groups is 1. The molecule has 0 radical (unpaired) electrons. The number of aromatic nitrogens is 2. The van der Waals surface area contributed by atoms with E-state index in [0.29, 0.717) is 6.54 Å². The fourth-order valence-electron chi connectivity index (χ4n) is 1.34. The van der Waals surface area contributed by atoms with E-state index in [1.165, 1.54) is 4.90 Å². The van der Waals surface area contributed by atoms with E-state index >= 15 is 0 Å². The molecule has 0 saturated carbocycles. The van der Waals surface area contributed by atoms with E-state index in [-0.39, 0.29) is 19.7 Å². The average molecular weight is 219 g/mol. The normalized spacial score (nSPS) is 11.6. The molecule has 6 heteroatoms. The zero-order valence-corrected chi connectivity index (χ0v) is 8.61. The first-order chi connectivity index (χ1) is 7.13. The number of nitrogens with zero attached hydrogens (tertiary/aromatic N) is 3. The molecule has 0 saturated heterocycles. The van der Waals surface area contributed by atoms with Gasteiger partial charge in [-0.25, -0.2) is 13.8 Å². The summed E-state index contributed by atoms with van der Waals surface area (Å²) >= 11 is 0. The molecule has 15 heavy (non-hydrogen) atoms. The Morgan fingerprint density at radius 3 is 2.80 bits per heavy atom. The van der Waals surface area contributed by atoms with Crippen LogP contribution < -0.4 is 0 Å². The highest BCUT2D eigenvalue weighted by Crippen LogP contribution is 2.05. The van der Waals surface area contributed by atoms with Gasteiger partial charge in [0.2, 0.25) is 0 Å². The molecule has 86 valence electrons. The van der Waals surface area contributed by atoms with Gasteiger partial charge in [0.05, 0.1) is 25.2 Å². The summed E-state index contributed by atoms with van der Waals surface area (Å²) in [6, 6.07) is 0. The molecule has 1 rings (SSSR count). The van der Waals surface area contributed by atoms with Crippen molar-refractivity contribution in [3.63, 3.8) is 0 Å². The van der Waals surface area contributed by atoms with Crippen molar-refractivity contribution in [2.45, 2.75) is 13.0 Å². The number of aryl methyl sites for hydroxylation is 1. The maximum absolute atomic E-state index is 12.2. The second kappa shape index (κ2) is 5.77. The molecule has 0 aliphatic carbocycles. The van der Waals surface area contributed by atoms with Crippen LogP contribution in [0.2, 0.25) is 0 Å². The van der Waals surface area contributed by atoms with Crippen molar-refractivity contribution in [1.82, 2.24) is 14.5 Å². The lowest BCUT2D eigenvalue weighted by atomic mass is 10.4. The van der Waals surface area contributed by atoms with Gasteiger partial charge < -0.3 is 9.67 Å². The lowest BCUT2D eigenvalue weighted by molar-refractivity contribution is 0.0736. The quantitative estimate of drug-likeness (QED) is 0.756. The highest BCUT2D eigenvalue weighted by Gasteiger charge is 2.13. The first-order valence-electron chi connectivity index (χ1n) is 4.70. The third-order valence-corrected chi connectivity index (χ3v) is 2.11. The van der Waals surface area contributed by atoms with E-state index in [1.54, 1.807) is 17.1 Å². The second-order valence-corrected chi connectivity index (χ2v) is 3.35. The molecular formula is C9H15F2N3O. The Balaban J connectivity index is 2.54. The molecule has 1 N–H and O–H groups in total. The summed E-state index contributed by atoms with van der Waals surface area (Å²) < 4.78 is 26.2. The van der Waals surface area contributed by atoms with Crippen molar-refractivity contribution in [1.29, 1.82) is 0 Å².